The fourth-order valence-electron chi connectivity index (χ4n) is 2.92. The normalized spacial score (nSPS) is 11.6. The lowest BCUT2D eigenvalue weighted by atomic mass is 10.2. The molecular formula is C25H29N5O5S. The Morgan fingerprint density at radius 1 is 0.889 bits per heavy atom. The Morgan fingerprint density at radius 2 is 1.53 bits per heavy atom. The molecule has 2 aromatic heterocycles. The highest BCUT2D eigenvalue weighted by atomic mass is 32.2. The number of nitrogens with zero attached hydrogens (tertiary/aromatic N) is 5. The molecular weight excluding hydrogens is 482 g/mol. The van der Waals surface area contributed by atoms with E-state index in [9.17, 15) is 14.4 Å². The van der Waals surface area contributed by atoms with Gasteiger partial charge in [0.2, 0.25) is 11.1 Å². The summed E-state index contributed by atoms with van der Waals surface area (Å²) in [5.74, 6) is -0.609. The van der Waals surface area contributed by atoms with E-state index < -0.39 is 29.3 Å². The molecule has 0 atom stereocenters. The van der Waals surface area contributed by atoms with Gasteiger partial charge >= 0.3 is 12.2 Å². The first-order chi connectivity index (χ1) is 16.9. The molecule has 3 rings (SSSR count). The van der Waals surface area contributed by atoms with Gasteiger partial charge in [-0.2, -0.15) is 0 Å². The van der Waals surface area contributed by atoms with E-state index >= 15 is 0 Å². The average Bonchev–Trinajstić information content (AvgIpc) is 3.21. The van der Waals surface area contributed by atoms with Gasteiger partial charge in [0, 0.05) is 6.20 Å². The number of pyridine rings is 1. The van der Waals surface area contributed by atoms with E-state index in [1.807, 2.05) is 0 Å². The molecule has 0 bridgehead atoms. The third kappa shape index (κ3) is 7.14. The molecule has 0 aliphatic carbocycles. The van der Waals surface area contributed by atoms with Crippen LogP contribution < -0.4 is 4.90 Å². The van der Waals surface area contributed by atoms with Gasteiger partial charge in [-0.25, -0.2) is 19.1 Å². The SMILES string of the molecule is CC(C)(C)OC(=O)N(C(=O)CSc1nnc(-c2ccccn2)n1C(=O)OC(C)(C)C)c1ccccc1. The van der Waals surface area contributed by atoms with Crippen molar-refractivity contribution in [2.75, 3.05) is 10.7 Å². The number of anilines is 1. The number of carbonyl (C=O) groups is 3. The standard InChI is InChI=1S/C25H29N5O5S/c1-24(2,3)34-22(32)29(17-12-8-7-9-13-17)19(31)16-36-21-28-27-20(18-14-10-11-15-26-18)30(21)23(33)35-25(4,5)6/h7-15H,16H2,1-6H3. The molecule has 11 heteroatoms. The Labute approximate surface area is 214 Å². The van der Waals surface area contributed by atoms with Crippen molar-refractivity contribution in [1.82, 2.24) is 19.7 Å². The summed E-state index contributed by atoms with van der Waals surface area (Å²) in [5.41, 5.74) is -0.804. The minimum atomic E-state index is -0.804. The van der Waals surface area contributed by atoms with Gasteiger partial charge in [-0.15, -0.1) is 10.2 Å². The summed E-state index contributed by atoms with van der Waals surface area (Å²) in [6.45, 7) is 10.4. The van der Waals surface area contributed by atoms with Crippen LogP contribution in [0.15, 0.2) is 59.9 Å². The fourth-order valence-corrected chi connectivity index (χ4v) is 3.69. The fraction of sp³-hybridized carbons (Fsp3) is 0.360. The summed E-state index contributed by atoms with van der Waals surface area (Å²) in [6, 6.07) is 13.6. The number of imide groups is 1. The summed E-state index contributed by atoms with van der Waals surface area (Å²) in [6.07, 6.45) is 0.0514. The maximum Gasteiger partial charge on any atom is 0.422 e. The van der Waals surface area contributed by atoms with Crippen LogP contribution in [0.1, 0.15) is 41.5 Å². The molecule has 0 aliphatic heterocycles. The molecule has 3 aromatic rings. The number of rotatable bonds is 5. The molecule has 0 fully saturated rings. The Bertz CT molecular complexity index is 1220. The van der Waals surface area contributed by atoms with Crippen LogP contribution in [0, 0.1) is 0 Å². The van der Waals surface area contributed by atoms with Crippen LogP contribution in [0.25, 0.3) is 11.5 Å². The first kappa shape index (κ1) is 26.9. The van der Waals surface area contributed by atoms with Crippen molar-refractivity contribution in [3.8, 4) is 11.5 Å². The van der Waals surface area contributed by atoms with Crippen LogP contribution in [-0.2, 0) is 14.3 Å². The van der Waals surface area contributed by atoms with E-state index in [-0.39, 0.29) is 16.7 Å². The minimum absolute atomic E-state index is 0.121. The lowest BCUT2D eigenvalue weighted by Gasteiger charge is -2.26. The molecule has 0 spiro atoms. The number of hydrogen-bond donors (Lipinski definition) is 0. The first-order valence-corrected chi connectivity index (χ1v) is 12.2. The number of ether oxygens (including phenoxy) is 2. The second kappa shape index (κ2) is 10.9. The first-order valence-electron chi connectivity index (χ1n) is 11.2. The lowest BCUT2D eigenvalue weighted by molar-refractivity contribution is -0.116. The third-order valence-corrected chi connectivity index (χ3v) is 5.18. The Kier molecular flexibility index (Phi) is 8.13. The van der Waals surface area contributed by atoms with E-state index in [0.29, 0.717) is 11.4 Å². The second-order valence-electron chi connectivity index (χ2n) is 9.67. The second-order valence-corrected chi connectivity index (χ2v) is 10.6. The molecule has 0 saturated heterocycles. The zero-order chi connectivity index (χ0) is 26.5. The number of para-hydroxylation sites is 1. The molecule has 10 nitrogen and oxygen atoms in total. The van der Waals surface area contributed by atoms with Crippen LogP contribution in [0.3, 0.4) is 0 Å². The summed E-state index contributed by atoms with van der Waals surface area (Å²) in [7, 11) is 0. The van der Waals surface area contributed by atoms with Crippen LogP contribution in [0.5, 0.6) is 0 Å². The number of carbonyl (C=O) groups excluding carboxylic acids is 3. The van der Waals surface area contributed by atoms with Crippen LogP contribution in [0.4, 0.5) is 15.3 Å². The van der Waals surface area contributed by atoms with Crippen molar-refractivity contribution in [2.24, 2.45) is 0 Å². The number of aromatic nitrogens is 4. The van der Waals surface area contributed by atoms with Crippen LogP contribution in [-0.4, -0.2) is 54.8 Å². The highest BCUT2D eigenvalue weighted by Crippen LogP contribution is 2.26. The minimum Gasteiger partial charge on any atom is -0.443 e. The molecule has 0 saturated carbocycles. The van der Waals surface area contributed by atoms with Gasteiger partial charge in [0.1, 0.15) is 16.9 Å². The molecule has 0 N–H and O–H groups in total. The van der Waals surface area contributed by atoms with E-state index in [0.717, 1.165) is 16.7 Å². The molecule has 1 aromatic carbocycles. The summed E-state index contributed by atoms with van der Waals surface area (Å²) >= 11 is 0.945. The van der Waals surface area contributed by atoms with Crippen LogP contribution in [0.2, 0.25) is 0 Å². The third-order valence-electron chi connectivity index (χ3n) is 4.27. The van der Waals surface area contributed by atoms with Gasteiger partial charge in [-0.05, 0) is 65.8 Å². The maximum atomic E-state index is 13.2. The van der Waals surface area contributed by atoms with Gasteiger partial charge in [0.05, 0.1) is 11.4 Å². The Hall–Kier alpha value is -3.73. The lowest BCUT2D eigenvalue weighted by Crippen LogP contribution is -2.42. The predicted molar refractivity (Wildman–Crippen MR) is 136 cm³/mol. The van der Waals surface area contributed by atoms with Crippen molar-refractivity contribution in [2.45, 2.75) is 57.9 Å². The van der Waals surface area contributed by atoms with E-state index in [2.05, 4.69) is 15.2 Å². The largest absolute Gasteiger partial charge is 0.443 e. The Balaban J connectivity index is 1.90. The Morgan fingerprint density at radius 3 is 2.11 bits per heavy atom. The van der Waals surface area contributed by atoms with Crippen molar-refractivity contribution >= 4 is 35.5 Å². The molecule has 2 heterocycles. The number of thioether (sulfide) groups is 1. The number of hydrogen-bond acceptors (Lipinski definition) is 9. The number of benzene rings is 1. The molecule has 190 valence electrons. The van der Waals surface area contributed by atoms with Gasteiger partial charge in [0.15, 0.2) is 5.82 Å². The molecule has 2 amide bonds. The summed E-state index contributed by atoms with van der Waals surface area (Å²) < 4.78 is 12.2. The van der Waals surface area contributed by atoms with Gasteiger partial charge < -0.3 is 9.47 Å². The molecule has 0 unspecified atom stereocenters. The summed E-state index contributed by atoms with van der Waals surface area (Å²) in [4.78, 5) is 44.4. The molecule has 36 heavy (non-hydrogen) atoms. The average molecular weight is 512 g/mol. The highest BCUT2D eigenvalue weighted by molar-refractivity contribution is 7.99. The van der Waals surface area contributed by atoms with Crippen molar-refractivity contribution in [1.29, 1.82) is 0 Å². The topological polar surface area (TPSA) is 117 Å². The zero-order valence-electron chi connectivity index (χ0n) is 21.1. The molecule has 0 aliphatic rings. The maximum absolute atomic E-state index is 13.2. The van der Waals surface area contributed by atoms with Crippen LogP contribution >= 0.6 is 11.8 Å². The smallest absolute Gasteiger partial charge is 0.422 e. The quantitative estimate of drug-likeness (QED) is 0.427. The van der Waals surface area contributed by atoms with E-state index in [1.54, 1.807) is 96.3 Å². The van der Waals surface area contributed by atoms with Gasteiger partial charge in [-0.3, -0.25) is 9.78 Å². The molecule has 0 radical (unpaired) electrons. The van der Waals surface area contributed by atoms with Crippen molar-refractivity contribution in [3.63, 3.8) is 0 Å². The zero-order valence-corrected chi connectivity index (χ0v) is 21.9. The summed E-state index contributed by atoms with van der Waals surface area (Å²) in [5, 5.41) is 8.34. The van der Waals surface area contributed by atoms with E-state index in [1.165, 1.54) is 4.57 Å². The van der Waals surface area contributed by atoms with Gasteiger partial charge in [0.25, 0.3) is 0 Å². The number of amides is 2. The highest BCUT2D eigenvalue weighted by Gasteiger charge is 2.31. The monoisotopic (exact) mass is 511 g/mol. The van der Waals surface area contributed by atoms with Gasteiger partial charge in [-0.1, -0.05) is 36.0 Å². The van der Waals surface area contributed by atoms with Crippen molar-refractivity contribution < 1.29 is 23.9 Å². The predicted octanol–water partition coefficient (Wildman–Crippen LogP) is 5.18. The van der Waals surface area contributed by atoms with Crippen molar-refractivity contribution in [3.05, 3.63) is 54.7 Å². The van der Waals surface area contributed by atoms with E-state index in [4.69, 9.17) is 9.47 Å².